The van der Waals surface area contributed by atoms with E-state index >= 15 is 0 Å². The number of aromatic amines is 1. The monoisotopic (exact) mass is 629 g/mol. The van der Waals surface area contributed by atoms with Crippen LogP contribution in [0, 0.1) is 17.7 Å². The summed E-state index contributed by atoms with van der Waals surface area (Å²) in [5.74, 6) is 0.172. The highest BCUT2D eigenvalue weighted by Crippen LogP contribution is 2.28. The molecular weight excluding hydrogens is 593 g/mol. The molecule has 1 aromatic heterocycles. The van der Waals surface area contributed by atoms with Crippen LogP contribution in [0.1, 0.15) is 52.0 Å². The van der Waals surface area contributed by atoms with Crippen LogP contribution in [0.5, 0.6) is 0 Å². The number of carbonyl (C=O) groups excluding carboxylic acids is 2. The van der Waals surface area contributed by atoms with Crippen molar-refractivity contribution in [2.75, 3.05) is 18.4 Å². The lowest BCUT2D eigenvalue weighted by molar-refractivity contribution is -0.118. The van der Waals surface area contributed by atoms with Crippen LogP contribution in [-0.4, -0.2) is 57.4 Å². The van der Waals surface area contributed by atoms with Gasteiger partial charge in [0.25, 0.3) is 0 Å². The Morgan fingerprint density at radius 1 is 1.07 bits per heavy atom. The van der Waals surface area contributed by atoms with Crippen molar-refractivity contribution in [3.8, 4) is 11.4 Å². The van der Waals surface area contributed by atoms with Gasteiger partial charge in [0.15, 0.2) is 0 Å². The molecule has 220 valence electrons. The second-order valence-corrected chi connectivity index (χ2v) is 12.4. The van der Waals surface area contributed by atoms with Gasteiger partial charge >= 0.3 is 6.09 Å². The number of aromatic nitrogens is 4. The van der Waals surface area contributed by atoms with Gasteiger partial charge in [-0.1, -0.05) is 28.1 Å². The maximum Gasteiger partial charge on any atom is 0.407 e. The Hall–Kier alpha value is -3.38. The first-order valence-electron chi connectivity index (χ1n) is 13.8. The Labute approximate surface area is 247 Å². The molecule has 12 heteroatoms. The van der Waals surface area contributed by atoms with E-state index in [2.05, 4.69) is 52.5 Å². The van der Waals surface area contributed by atoms with Crippen molar-refractivity contribution in [1.82, 2.24) is 31.3 Å². The Morgan fingerprint density at radius 3 is 2.37 bits per heavy atom. The summed E-state index contributed by atoms with van der Waals surface area (Å²) in [7, 11) is 0. The lowest BCUT2D eigenvalue weighted by atomic mass is 9.82. The minimum absolute atomic E-state index is 0.144. The summed E-state index contributed by atoms with van der Waals surface area (Å²) in [5, 5.41) is 22.6. The molecular formula is C29H37BrFN7O3. The number of H-pyrrole nitrogens is 1. The van der Waals surface area contributed by atoms with E-state index in [4.69, 9.17) is 4.74 Å². The minimum Gasteiger partial charge on any atom is -0.444 e. The Kier molecular flexibility index (Phi) is 10.4. The molecule has 4 rings (SSSR count). The summed E-state index contributed by atoms with van der Waals surface area (Å²) in [5.41, 5.74) is 1.04. The molecule has 1 saturated carbocycles. The fraction of sp³-hybridized carbons (Fsp3) is 0.483. The number of benzene rings is 2. The van der Waals surface area contributed by atoms with Gasteiger partial charge in [0.2, 0.25) is 11.7 Å². The van der Waals surface area contributed by atoms with Gasteiger partial charge in [0, 0.05) is 16.7 Å². The number of nitrogens with one attached hydrogen (secondary N) is 4. The molecule has 1 heterocycles. The second kappa shape index (κ2) is 14.0. The molecule has 1 unspecified atom stereocenters. The molecule has 0 radical (unpaired) electrons. The van der Waals surface area contributed by atoms with E-state index in [1.165, 1.54) is 12.1 Å². The van der Waals surface area contributed by atoms with E-state index in [-0.39, 0.29) is 23.4 Å². The normalized spacial score (nSPS) is 18.0. The lowest BCUT2D eigenvalue weighted by Gasteiger charge is -2.30. The summed E-state index contributed by atoms with van der Waals surface area (Å²) in [6, 6.07) is 11.7. The molecule has 2 amide bonds. The summed E-state index contributed by atoms with van der Waals surface area (Å²) in [4.78, 5) is 25.4. The number of tetrazole rings is 1. The number of nitrogens with zero attached hydrogens (tertiary/aromatic N) is 3. The molecule has 41 heavy (non-hydrogen) atoms. The van der Waals surface area contributed by atoms with Crippen molar-refractivity contribution in [2.45, 2.75) is 64.5 Å². The number of anilines is 1. The van der Waals surface area contributed by atoms with Gasteiger partial charge in [-0.25, -0.2) is 9.18 Å². The average molecular weight is 631 g/mol. The molecule has 10 nitrogen and oxygen atoms in total. The van der Waals surface area contributed by atoms with Crippen molar-refractivity contribution >= 4 is 33.6 Å². The first kappa shape index (κ1) is 30.6. The van der Waals surface area contributed by atoms with Gasteiger partial charge in [-0.05, 0) is 112 Å². The van der Waals surface area contributed by atoms with E-state index in [0.29, 0.717) is 37.0 Å². The zero-order valence-electron chi connectivity index (χ0n) is 23.5. The zero-order chi connectivity index (χ0) is 29.4. The summed E-state index contributed by atoms with van der Waals surface area (Å²) < 4.78 is 21.0. The highest BCUT2D eigenvalue weighted by Gasteiger charge is 2.26. The van der Waals surface area contributed by atoms with Crippen LogP contribution in [0.3, 0.4) is 0 Å². The van der Waals surface area contributed by atoms with Gasteiger partial charge < -0.3 is 20.7 Å². The van der Waals surface area contributed by atoms with Gasteiger partial charge in [-0.2, -0.15) is 5.21 Å². The largest absolute Gasteiger partial charge is 0.444 e. The van der Waals surface area contributed by atoms with Crippen LogP contribution in [-0.2, 0) is 16.0 Å². The van der Waals surface area contributed by atoms with Crippen LogP contribution >= 0.6 is 15.9 Å². The van der Waals surface area contributed by atoms with Crippen molar-refractivity contribution in [1.29, 1.82) is 0 Å². The Bertz CT molecular complexity index is 1290. The van der Waals surface area contributed by atoms with Gasteiger partial charge in [-0.3, -0.25) is 4.79 Å². The molecule has 3 aromatic rings. The number of carbonyl (C=O) groups is 2. The molecule has 1 aliphatic carbocycles. The van der Waals surface area contributed by atoms with E-state index in [0.717, 1.165) is 35.7 Å². The molecule has 1 fully saturated rings. The molecule has 1 aliphatic rings. The third-order valence-electron chi connectivity index (χ3n) is 7.05. The smallest absolute Gasteiger partial charge is 0.407 e. The third kappa shape index (κ3) is 9.60. The molecule has 1 atom stereocenters. The van der Waals surface area contributed by atoms with Crippen molar-refractivity contribution < 1.29 is 18.7 Å². The van der Waals surface area contributed by atoms with Crippen LogP contribution in [0.25, 0.3) is 11.4 Å². The van der Waals surface area contributed by atoms with Gasteiger partial charge in [0.05, 0.1) is 11.6 Å². The highest BCUT2D eigenvalue weighted by molar-refractivity contribution is 9.10. The van der Waals surface area contributed by atoms with Crippen LogP contribution in [0.4, 0.5) is 14.9 Å². The van der Waals surface area contributed by atoms with Gasteiger partial charge in [0.1, 0.15) is 11.4 Å². The fourth-order valence-electron chi connectivity index (χ4n) is 4.88. The van der Waals surface area contributed by atoms with Crippen molar-refractivity contribution in [2.24, 2.45) is 11.8 Å². The number of halogens is 2. The molecule has 0 spiro atoms. The minimum atomic E-state index is -0.556. The first-order valence-corrected chi connectivity index (χ1v) is 14.6. The van der Waals surface area contributed by atoms with Crippen LogP contribution in [0.15, 0.2) is 46.9 Å². The Balaban J connectivity index is 1.32. The summed E-state index contributed by atoms with van der Waals surface area (Å²) >= 11 is 3.46. The standard InChI is InChI=1S/C29H37BrFN7O3/c1-29(2,3)41-28(40)33-17-20-6-4-19(5-7-20)16-32-25(14-18-8-10-21(30)11-9-18)27(39)34-22-12-13-23(24(31)15-22)26-35-37-38-36-26/h8-13,15,19-20,25,32H,4-7,14,16-17H2,1-3H3,(H,33,40)(H,34,39)(H,35,36,37,38). The predicted octanol–water partition coefficient (Wildman–Crippen LogP) is 5.24. The molecule has 0 bridgehead atoms. The number of ether oxygens (including phenoxy) is 1. The first-order chi connectivity index (χ1) is 19.6. The zero-order valence-corrected chi connectivity index (χ0v) is 25.1. The number of hydrogen-bond acceptors (Lipinski definition) is 7. The molecule has 0 saturated heterocycles. The summed E-state index contributed by atoms with van der Waals surface area (Å²) in [6.07, 6.45) is 4.10. The van der Waals surface area contributed by atoms with Gasteiger partial charge in [-0.15, -0.1) is 10.2 Å². The lowest BCUT2D eigenvalue weighted by Crippen LogP contribution is -2.44. The number of hydrogen-bond donors (Lipinski definition) is 4. The number of amides is 2. The fourth-order valence-corrected chi connectivity index (χ4v) is 5.15. The highest BCUT2D eigenvalue weighted by atomic mass is 79.9. The summed E-state index contributed by atoms with van der Waals surface area (Å²) in [6.45, 7) is 6.83. The van der Waals surface area contributed by atoms with E-state index < -0.39 is 17.5 Å². The third-order valence-corrected chi connectivity index (χ3v) is 7.57. The van der Waals surface area contributed by atoms with E-state index in [1.807, 2.05) is 45.0 Å². The van der Waals surface area contributed by atoms with Crippen LogP contribution in [0.2, 0.25) is 0 Å². The predicted molar refractivity (Wildman–Crippen MR) is 158 cm³/mol. The molecule has 0 aliphatic heterocycles. The topological polar surface area (TPSA) is 134 Å². The van der Waals surface area contributed by atoms with Crippen molar-refractivity contribution in [3.05, 3.63) is 58.3 Å². The number of alkyl carbamates (subject to hydrolysis) is 1. The van der Waals surface area contributed by atoms with E-state index in [1.54, 1.807) is 6.07 Å². The molecule has 2 aromatic carbocycles. The Morgan fingerprint density at radius 2 is 1.76 bits per heavy atom. The van der Waals surface area contributed by atoms with Crippen molar-refractivity contribution in [3.63, 3.8) is 0 Å². The quantitative estimate of drug-likeness (QED) is 0.241. The second-order valence-electron chi connectivity index (χ2n) is 11.5. The SMILES string of the molecule is CC(C)(C)OC(=O)NCC1CCC(CNC(Cc2ccc(Br)cc2)C(=O)Nc2ccc(-c3nn[nH]n3)c(F)c2)CC1. The average Bonchev–Trinajstić information content (AvgIpc) is 3.45. The van der Waals surface area contributed by atoms with E-state index in [9.17, 15) is 14.0 Å². The number of rotatable bonds is 10. The molecule has 4 N–H and O–H groups in total. The maximum atomic E-state index is 14.7. The maximum absolute atomic E-state index is 14.7. The van der Waals surface area contributed by atoms with Crippen LogP contribution < -0.4 is 16.0 Å².